The van der Waals surface area contributed by atoms with Crippen molar-refractivity contribution < 1.29 is 4.79 Å². The molecule has 144 valence electrons. The Morgan fingerprint density at radius 2 is 1.68 bits per heavy atom. The maximum atomic E-state index is 12.8. The number of anilines is 1. The molecular formula is C22H23ClN4O. The Morgan fingerprint density at radius 3 is 2.36 bits per heavy atom. The van der Waals surface area contributed by atoms with Gasteiger partial charge >= 0.3 is 0 Å². The summed E-state index contributed by atoms with van der Waals surface area (Å²) in [6.45, 7) is 6.05. The van der Waals surface area contributed by atoms with Crippen LogP contribution >= 0.6 is 11.6 Å². The monoisotopic (exact) mass is 394 g/mol. The summed E-state index contributed by atoms with van der Waals surface area (Å²) in [6.07, 6.45) is 0. The van der Waals surface area contributed by atoms with Crippen molar-refractivity contribution in [2.24, 2.45) is 0 Å². The zero-order chi connectivity index (χ0) is 19.9. The van der Waals surface area contributed by atoms with Gasteiger partial charge in [-0.05, 0) is 25.5 Å². The van der Waals surface area contributed by atoms with E-state index in [-0.39, 0.29) is 5.91 Å². The molecular weight excluding hydrogens is 372 g/mol. The molecule has 1 heterocycles. The number of nitrogens with one attached hydrogen (secondary N) is 1. The number of hydrogen-bond acceptors (Lipinski definition) is 4. The predicted molar refractivity (Wildman–Crippen MR) is 114 cm³/mol. The van der Waals surface area contributed by atoms with E-state index in [1.54, 1.807) is 12.1 Å². The average molecular weight is 395 g/mol. The van der Waals surface area contributed by atoms with E-state index >= 15 is 0 Å². The summed E-state index contributed by atoms with van der Waals surface area (Å²) in [6, 6.07) is 18.9. The predicted octanol–water partition coefficient (Wildman–Crippen LogP) is 4.57. The number of halogens is 1. The minimum Gasteiger partial charge on any atom is -0.357 e. The van der Waals surface area contributed by atoms with Crippen LogP contribution in [0.2, 0.25) is 5.02 Å². The van der Waals surface area contributed by atoms with E-state index in [1.165, 1.54) is 0 Å². The van der Waals surface area contributed by atoms with Crippen LogP contribution in [0.3, 0.4) is 0 Å². The van der Waals surface area contributed by atoms with E-state index in [4.69, 9.17) is 11.6 Å². The van der Waals surface area contributed by atoms with Crippen LogP contribution in [0.25, 0.3) is 11.4 Å². The molecule has 0 bridgehead atoms. The summed E-state index contributed by atoms with van der Waals surface area (Å²) >= 11 is 6.18. The van der Waals surface area contributed by atoms with Gasteiger partial charge in [0.2, 0.25) is 0 Å². The summed E-state index contributed by atoms with van der Waals surface area (Å²) in [5, 5.41) is 3.53. The van der Waals surface area contributed by atoms with Crippen LogP contribution in [0.1, 0.15) is 29.9 Å². The number of amides is 1. The molecule has 0 saturated heterocycles. The van der Waals surface area contributed by atoms with E-state index in [9.17, 15) is 4.79 Å². The number of aromatic nitrogens is 2. The molecule has 1 aromatic heterocycles. The molecule has 1 N–H and O–H groups in total. The highest BCUT2D eigenvalue weighted by molar-refractivity contribution is 6.31. The molecule has 0 aliphatic rings. The minimum atomic E-state index is -0.257. The van der Waals surface area contributed by atoms with Crippen LogP contribution in [-0.4, -0.2) is 29.0 Å². The highest BCUT2D eigenvalue weighted by atomic mass is 35.5. The molecule has 0 unspecified atom stereocenters. The molecule has 0 saturated carbocycles. The molecule has 2 aromatic carbocycles. The van der Waals surface area contributed by atoms with Crippen LogP contribution in [0.4, 0.5) is 5.82 Å². The molecule has 3 aromatic rings. The SMILES string of the molecule is CCN(CC)c1cc(C(=O)NCc2ccccc2Cl)nc(-c2ccccc2)n1. The van der Waals surface area contributed by atoms with Crippen molar-refractivity contribution in [3.63, 3.8) is 0 Å². The second-order valence-electron chi connectivity index (χ2n) is 6.25. The van der Waals surface area contributed by atoms with Crippen molar-refractivity contribution in [1.29, 1.82) is 0 Å². The average Bonchev–Trinajstić information content (AvgIpc) is 2.74. The first-order chi connectivity index (χ1) is 13.6. The first-order valence-corrected chi connectivity index (χ1v) is 9.71. The molecule has 3 rings (SSSR count). The molecule has 0 spiro atoms. The topological polar surface area (TPSA) is 58.1 Å². The van der Waals surface area contributed by atoms with Gasteiger partial charge in [0, 0.05) is 36.3 Å². The lowest BCUT2D eigenvalue weighted by molar-refractivity contribution is 0.0946. The van der Waals surface area contributed by atoms with Gasteiger partial charge in [-0.3, -0.25) is 4.79 Å². The Kier molecular flexibility index (Phi) is 6.61. The second-order valence-corrected chi connectivity index (χ2v) is 6.65. The van der Waals surface area contributed by atoms with Crippen molar-refractivity contribution in [2.45, 2.75) is 20.4 Å². The summed E-state index contributed by atoms with van der Waals surface area (Å²) in [4.78, 5) is 24.1. The van der Waals surface area contributed by atoms with Crippen LogP contribution < -0.4 is 10.2 Å². The lowest BCUT2D eigenvalue weighted by atomic mass is 10.2. The van der Waals surface area contributed by atoms with Crippen LogP contribution in [0.5, 0.6) is 0 Å². The van der Waals surface area contributed by atoms with E-state index in [1.807, 2.05) is 48.5 Å². The highest BCUT2D eigenvalue weighted by Crippen LogP contribution is 2.21. The molecule has 6 heteroatoms. The highest BCUT2D eigenvalue weighted by Gasteiger charge is 2.15. The summed E-state index contributed by atoms with van der Waals surface area (Å²) in [7, 11) is 0. The van der Waals surface area contributed by atoms with Crippen LogP contribution in [0, 0.1) is 0 Å². The van der Waals surface area contributed by atoms with Crippen molar-refractivity contribution in [2.75, 3.05) is 18.0 Å². The summed E-state index contributed by atoms with van der Waals surface area (Å²) in [5.41, 5.74) is 2.07. The molecule has 28 heavy (non-hydrogen) atoms. The molecule has 0 fully saturated rings. The second kappa shape index (κ2) is 9.33. The third-order valence-electron chi connectivity index (χ3n) is 4.46. The molecule has 1 amide bonds. The maximum absolute atomic E-state index is 12.8. The fourth-order valence-electron chi connectivity index (χ4n) is 2.88. The fraction of sp³-hybridized carbons (Fsp3) is 0.227. The Balaban J connectivity index is 1.91. The van der Waals surface area contributed by atoms with Gasteiger partial charge in [0.15, 0.2) is 5.82 Å². The normalized spacial score (nSPS) is 10.5. The third-order valence-corrected chi connectivity index (χ3v) is 4.83. The van der Waals surface area contributed by atoms with Crippen LogP contribution in [0.15, 0.2) is 60.7 Å². The molecule has 0 aliphatic carbocycles. The third kappa shape index (κ3) is 4.67. The van der Waals surface area contributed by atoms with Gasteiger partial charge in [0.25, 0.3) is 5.91 Å². The van der Waals surface area contributed by atoms with Crippen molar-refractivity contribution in [3.8, 4) is 11.4 Å². The lowest BCUT2D eigenvalue weighted by Gasteiger charge is -2.21. The number of rotatable bonds is 7. The minimum absolute atomic E-state index is 0.257. The maximum Gasteiger partial charge on any atom is 0.270 e. The first kappa shape index (κ1) is 19.8. The number of benzene rings is 2. The molecule has 5 nitrogen and oxygen atoms in total. The van der Waals surface area contributed by atoms with Gasteiger partial charge in [-0.25, -0.2) is 9.97 Å². The van der Waals surface area contributed by atoms with Gasteiger partial charge in [0.1, 0.15) is 11.5 Å². The van der Waals surface area contributed by atoms with Gasteiger partial charge in [-0.2, -0.15) is 0 Å². The first-order valence-electron chi connectivity index (χ1n) is 9.33. The number of carbonyl (C=O) groups is 1. The number of carbonyl (C=O) groups excluding carboxylic acids is 1. The molecule has 0 radical (unpaired) electrons. The fourth-order valence-corrected chi connectivity index (χ4v) is 3.09. The summed E-state index contributed by atoms with van der Waals surface area (Å²) in [5.74, 6) is 1.02. The molecule has 0 atom stereocenters. The Morgan fingerprint density at radius 1 is 1.00 bits per heavy atom. The van der Waals surface area contributed by atoms with Gasteiger partial charge in [0.05, 0.1) is 0 Å². The number of nitrogens with zero attached hydrogens (tertiary/aromatic N) is 3. The summed E-state index contributed by atoms with van der Waals surface area (Å²) < 4.78 is 0. The van der Waals surface area contributed by atoms with E-state index in [2.05, 4.69) is 34.0 Å². The smallest absolute Gasteiger partial charge is 0.270 e. The van der Waals surface area contributed by atoms with E-state index in [0.717, 1.165) is 30.0 Å². The lowest BCUT2D eigenvalue weighted by Crippen LogP contribution is -2.27. The van der Waals surface area contributed by atoms with Gasteiger partial charge < -0.3 is 10.2 Å². The quantitative estimate of drug-likeness (QED) is 0.637. The Labute approximate surface area is 170 Å². The van der Waals surface area contributed by atoms with Crippen molar-refractivity contribution >= 4 is 23.3 Å². The van der Waals surface area contributed by atoms with Crippen molar-refractivity contribution in [1.82, 2.24) is 15.3 Å². The standard InChI is InChI=1S/C22H23ClN4O/c1-3-27(4-2)20-14-19(25-21(26-20)16-10-6-5-7-11-16)22(28)24-15-17-12-8-9-13-18(17)23/h5-14H,3-4,15H2,1-2H3,(H,24,28). The Bertz CT molecular complexity index is 942. The molecule has 0 aliphatic heterocycles. The number of hydrogen-bond donors (Lipinski definition) is 1. The Hall–Kier alpha value is -2.92. The zero-order valence-corrected chi connectivity index (χ0v) is 16.8. The van der Waals surface area contributed by atoms with Crippen LogP contribution in [-0.2, 0) is 6.54 Å². The largest absolute Gasteiger partial charge is 0.357 e. The van der Waals surface area contributed by atoms with E-state index in [0.29, 0.717) is 23.1 Å². The zero-order valence-electron chi connectivity index (χ0n) is 16.0. The van der Waals surface area contributed by atoms with Gasteiger partial charge in [-0.1, -0.05) is 60.1 Å². The van der Waals surface area contributed by atoms with Gasteiger partial charge in [-0.15, -0.1) is 0 Å². The van der Waals surface area contributed by atoms with E-state index < -0.39 is 0 Å². The van der Waals surface area contributed by atoms with Crippen molar-refractivity contribution in [3.05, 3.63) is 76.9 Å².